The molecule has 0 unspecified atom stereocenters. The molecule has 1 amide bonds. The molecule has 0 bridgehead atoms. The van der Waals surface area contributed by atoms with Crippen molar-refractivity contribution in [1.82, 2.24) is 14.9 Å². The predicted octanol–water partition coefficient (Wildman–Crippen LogP) is 4.44. The first-order chi connectivity index (χ1) is 12.6. The molecule has 4 aromatic rings. The quantitative estimate of drug-likeness (QED) is 0.580. The average molecular weight is 367 g/mol. The number of carbonyl (C=O) groups is 1. The van der Waals surface area contributed by atoms with Crippen molar-refractivity contribution in [1.29, 1.82) is 0 Å². The van der Waals surface area contributed by atoms with E-state index in [0.717, 1.165) is 21.6 Å². The number of nitrogens with one attached hydrogen (secondary N) is 1. The molecule has 0 fully saturated rings. The Bertz CT molecular complexity index is 1130. The van der Waals surface area contributed by atoms with Gasteiger partial charge >= 0.3 is 0 Å². The first kappa shape index (κ1) is 16.7. The number of rotatable bonds is 4. The lowest BCUT2D eigenvalue weighted by atomic mass is 10.1. The Balaban J connectivity index is 1.52. The third kappa shape index (κ3) is 2.76. The molecule has 0 atom stereocenters. The smallest absolute Gasteiger partial charge is 0.261 e. The fourth-order valence-electron chi connectivity index (χ4n) is 3.31. The molecule has 6 heteroatoms. The number of halogens is 1. The first-order valence-corrected chi connectivity index (χ1v) is 9.25. The Kier molecular flexibility index (Phi) is 4.20. The summed E-state index contributed by atoms with van der Waals surface area (Å²) in [6.45, 7) is 4.87. The molecule has 2 heterocycles. The number of hydrogen-bond donors (Lipinski definition) is 1. The summed E-state index contributed by atoms with van der Waals surface area (Å²) < 4.78 is 16.9. The number of aryl methyl sites for hydroxylation is 2. The lowest BCUT2D eigenvalue weighted by Crippen LogP contribution is -2.27. The molecule has 0 spiro atoms. The van der Waals surface area contributed by atoms with Crippen LogP contribution < -0.4 is 5.32 Å². The van der Waals surface area contributed by atoms with E-state index in [2.05, 4.69) is 14.9 Å². The van der Waals surface area contributed by atoms with E-state index in [0.29, 0.717) is 28.9 Å². The number of thiophene rings is 1. The largest absolute Gasteiger partial charge is 0.350 e. The highest BCUT2D eigenvalue weighted by molar-refractivity contribution is 7.21. The van der Waals surface area contributed by atoms with Gasteiger partial charge in [0, 0.05) is 23.2 Å². The van der Waals surface area contributed by atoms with Crippen molar-refractivity contribution in [2.45, 2.75) is 20.4 Å². The number of para-hydroxylation sites is 2. The Morgan fingerprint density at radius 2 is 2.00 bits per heavy atom. The summed E-state index contributed by atoms with van der Waals surface area (Å²) in [7, 11) is 0. The number of hydrogen-bond acceptors (Lipinski definition) is 3. The topological polar surface area (TPSA) is 46.9 Å². The molecular weight excluding hydrogens is 349 g/mol. The van der Waals surface area contributed by atoms with E-state index >= 15 is 0 Å². The predicted molar refractivity (Wildman–Crippen MR) is 103 cm³/mol. The minimum atomic E-state index is -0.282. The summed E-state index contributed by atoms with van der Waals surface area (Å²) >= 11 is 1.33. The SMILES string of the molecule is Cc1c(C(=O)NCCn2c(C)nc3ccccc32)sc2cccc(F)c12. The molecule has 132 valence electrons. The van der Waals surface area contributed by atoms with Crippen LogP contribution in [0.2, 0.25) is 0 Å². The molecular formula is C20H18FN3OS. The summed E-state index contributed by atoms with van der Waals surface area (Å²) in [5.74, 6) is 0.474. The Morgan fingerprint density at radius 3 is 2.81 bits per heavy atom. The molecule has 4 nitrogen and oxygen atoms in total. The molecule has 0 radical (unpaired) electrons. The third-order valence-corrected chi connectivity index (χ3v) is 5.83. The van der Waals surface area contributed by atoms with Gasteiger partial charge in [0.05, 0.1) is 15.9 Å². The summed E-state index contributed by atoms with van der Waals surface area (Å²) in [6, 6.07) is 12.9. The third-order valence-electron chi connectivity index (χ3n) is 4.58. The summed E-state index contributed by atoms with van der Waals surface area (Å²) in [4.78, 5) is 17.7. The molecule has 0 aliphatic heterocycles. The fourth-order valence-corrected chi connectivity index (χ4v) is 4.45. The van der Waals surface area contributed by atoms with Crippen LogP contribution in [0.1, 0.15) is 21.1 Å². The summed E-state index contributed by atoms with van der Waals surface area (Å²) in [6.07, 6.45) is 0. The highest BCUT2D eigenvalue weighted by Gasteiger charge is 2.17. The van der Waals surface area contributed by atoms with Crippen molar-refractivity contribution < 1.29 is 9.18 Å². The zero-order valence-electron chi connectivity index (χ0n) is 14.5. The first-order valence-electron chi connectivity index (χ1n) is 8.44. The standard InChI is InChI=1S/C20H18FN3OS/c1-12-18-14(21)6-5-9-17(18)26-19(12)20(25)22-10-11-24-13(2)23-15-7-3-4-8-16(15)24/h3-9H,10-11H2,1-2H3,(H,22,25). The summed E-state index contributed by atoms with van der Waals surface area (Å²) in [5.41, 5.74) is 2.70. The van der Waals surface area contributed by atoms with Gasteiger partial charge in [0.25, 0.3) is 5.91 Å². The molecule has 2 aromatic carbocycles. The van der Waals surface area contributed by atoms with Crippen LogP contribution in [0, 0.1) is 19.7 Å². The van der Waals surface area contributed by atoms with Gasteiger partial charge in [-0.1, -0.05) is 18.2 Å². The van der Waals surface area contributed by atoms with Crippen LogP contribution in [0.25, 0.3) is 21.1 Å². The maximum atomic E-state index is 14.0. The molecule has 4 rings (SSSR count). The molecule has 26 heavy (non-hydrogen) atoms. The van der Waals surface area contributed by atoms with Gasteiger partial charge in [-0.15, -0.1) is 11.3 Å². The highest BCUT2D eigenvalue weighted by Crippen LogP contribution is 2.32. The van der Waals surface area contributed by atoms with Crippen molar-refractivity contribution >= 4 is 38.4 Å². The number of benzene rings is 2. The van der Waals surface area contributed by atoms with Gasteiger partial charge in [-0.05, 0) is 43.7 Å². The van der Waals surface area contributed by atoms with Crippen LogP contribution in [-0.2, 0) is 6.54 Å². The molecule has 1 N–H and O–H groups in total. The minimum absolute atomic E-state index is 0.162. The Hall–Kier alpha value is -2.73. The number of amides is 1. The zero-order chi connectivity index (χ0) is 18.3. The average Bonchev–Trinajstić information content (AvgIpc) is 3.13. The zero-order valence-corrected chi connectivity index (χ0v) is 15.4. The lowest BCUT2D eigenvalue weighted by Gasteiger charge is -2.08. The lowest BCUT2D eigenvalue weighted by molar-refractivity contribution is 0.0956. The maximum Gasteiger partial charge on any atom is 0.261 e. The van der Waals surface area contributed by atoms with Gasteiger partial charge in [-0.2, -0.15) is 0 Å². The van der Waals surface area contributed by atoms with Gasteiger partial charge in [0.15, 0.2) is 0 Å². The molecule has 0 aliphatic carbocycles. The van der Waals surface area contributed by atoms with E-state index in [1.54, 1.807) is 13.0 Å². The van der Waals surface area contributed by atoms with Gasteiger partial charge in [0.1, 0.15) is 11.6 Å². The fraction of sp³-hybridized carbons (Fsp3) is 0.200. The second kappa shape index (κ2) is 6.53. The van der Waals surface area contributed by atoms with E-state index in [1.165, 1.54) is 17.4 Å². The maximum absolute atomic E-state index is 14.0. The summed E-state index contributed by atoms with van der Waals surface area (Å²) in [5, 5.41) is 3.49. The van der Waals surface area contributed by atoms with E-state index in [9.17, 15) is 9.18 Å². The molecule has 0 saturated heterocycles. The van der Waals surface area contributed by atoms with Gasteiger partial charge < -0.3 is 9.88 Å². The van der Waals surface area contributed by atoms with Crippen molar-refractivity contribution in [3.8, 4) is 0 Å². The molecule has 2 aromatic heterocycles. The van der Waals surface area contributed by atoms with Crippen LogP contribution in [0.4, 0.5) is 4.39 Å². The van der Waals surface area contributed by atoms with Crippen LogP contribution in [0.3, 0.4) is 0 Å². The van der Waals surface area contributed by atoms with Crippen molar-refractivity contribution in [2.24, 2.45) is 0 Å². The van der Waals surface area contributed by atoms with Gasteiger partial charge in [0.2, 0.25) is 0 Å². The molecule has 0 aliphatic rings. The van der Waals surface area contributed by atoms with E-state index in [-0.39, 0.29) is 11.7 Å². The number of nitrogens with zero attached hydrogens (tertiary/aromatic N) is 2. The van der Waals surface area contributed by atoms with Crippen LogP contribution in [-0.4, -0.2) is 22.0 Å². The van der Waals surface area contributed by atoms with Crippen molar-refractivity contribution in [2.75, 3.05) is 6.54 Å². The molecule has 0 saturated carbocycles. The number of imidazole rings is 1. The van der Waals surface area contributed by atoms with Gasteiger partial charge in [-0.3, -0.25) is 4.79 Å². The van der Waals surface area contributed by atoms with Crippen LogP contribution >= 0.6 is 11.3 Å². The van der Waals surface area contributed by atoms with Crippen LogP contribution in [0.15, 0.2) is 42.5 Å². The highest BCUT2D eigenvalue weighted by atomic mass is 32.1. The van der Waals surface area contributed by atoms with Crippen molar-refractivity contribution in [3.63, 3.8) is 0 Å². The normalized spacial score (nSPS) is 11.3. The van der Waals surface area contributed by atoms with Crippen molar-refractivity contribution in [3.05, 3.63) is 64.5 Å². The van der Waals surface area contributed by atoms with E-state index in [1.807, 2.05) is 37.3 Å². The monoisotopic (exact) mass is 367 g/mol. The van der Waals surface area contributed by atoms with Gasteiger partial charge in [-0.25, -0.2) is 9.37 Å². The van der Waals surface area contributed by atoms with E-state index in [4.69, 9.17) is 0 Å². The Labute approximate surface area is 154 Å². The Morgan fingerprint density at radius 1 is 1.19 bits per heavy atom. The second-order valence-electron chi connectivity index (χ2n) is 6.22. The second-order valence-corrected chi connectivity index (χ2v) is 7.28. The minimum Gasteiger partial charge on any atom is -0.350 e. The number of fused-ring (bicyclic) bond motifs is 2. The number of carbonyl (C=O) groups excluding carboxylic acids is 1. The van der Waals surface area contributed by atoms with Crippen LogP contribution in [0.5, 0.6) is 0 Å². The van der Waals surface area contributed by atoms with E-state index < -0.39 is 0 Å². The number of aromatic nitrogens is 2.